The number of piperazine rings is 1. The van der Waals surface area contributed by atoms with Gasteiger partial charge in [0.25, 0.3) is 5.91 Å². The SMILES string of the molecule is CN(C)CCNC(=O)c1ccc(COc2cnc(N3CCN(C(=O)OC(C)(C)C)CC3)nc2)cc1. The molecule has 190 valence electrons. The van der Waals surface area contributed by atoms with Gasteiger partial charge < -0.3 is 29.5 Å². The van der Waals surface area contributed by atoms with Gasteiger partial charge in [-0.1, -0.05) is 12.1 Å². The van der Waals surface area contributed by atoms with E-state index in [-0.39, 0.29) is 12.0 Å². The Balaban J connectivity index is 1.44. The lowest BCUT2D eigenvalue weighted by atomic mass is 10.1. The summed E-state index contributed by atoms with van der Waals surface area (Å²) in [6.45, 7) is 9.71. The summed E-state index contributed by atoms with van der Waals surface area (Å²) in [7, 11) is 3.93. The Kier molecular flexibility index (Phi) is 8.86. The number of hydrogen-bond donors (Lipinski definition) is 1. The van der Waals surface area contributed by atoms with Crippen molar-refractivity contribution in [1.29, 1.82) is 0 Å². The molecule has 0 bridgehead atoms. The molecule has 0 unspecified atom stereocenters. The number of benzene rings is 1. The zero-order chi connectivity index (χ0) is 25.4. The van der Waals surface area contributed by atoms with E-state index in [1.807, 2.05) is 56.8 Å². The van der Waals surface area contributed by atoms with Crippen molar-refractivity contribution in [3.05, 3.63) is 47.8 Å². The highest BCUT2D eigenvalue weighted by atomic mass is 16.6. The van der Waals surface area contributed by atoms with E-state index in [2.05, 4.69) is 15.3 Å². The Hall–Kier alpha value is -3.40. The molecule has 1 aliphatic rings. The van der Waals surface area contributed by atoms with Gasteiger partial charge in [0.1, 0.15) is 12.2 Å². The topological polar surface area (TPSA) is 100 Å². The summed E-state index contributed by atoms with van der Waals surface area (Å²) < 4.78 is 11.2. The Morgan fingerprint density at radius 3 is 2.23 bits per heavy atom. The summed E-state index contributed by atoms with van der Waals surface area (Å²) in [6, 6.07) is 7.33. The second-order valence-electron chi connectivity index (χ2n) is 9.72. The first-order valence-electron chi connectivity index (χ1n) is 11.8. The smallest absolute Gasteiger partial charge is 0.410 e. The molecule has 10 heteroatoms. The Bertz CT molecular complexity index is 965. The summed E-state index contributed by atoms with van der Waals surface area (Å²) in [6.07, 6.45) is 3.00. The second-order valence-corrected chi connectivity index (χ2v) is 9.72. The van der Waals surface area contributed by atoms with E-state index in [1.165, 1.54) is 0 Å². The van der Waals surface area contributed by atoms with Crippen molar-refractivity contribution in [3.8, 4) is 5.75 Å². The average Bonchev–Trinajstić information content (AvgIpc) is 2.82. The predicted molar refractivity (Wildman–Crippen MR) is 134 cm³/mol. The van der Waals surface area contributed by atoms with Gasteiger partial charge in [-0.2, -0.15) is 0 Å². The van der Waals surface area contributed by atoms with Crippen LogP contribution in [-0.4, -0.2) is 90.7 Å². The molecular formula is C25H36N6O4. The van der Waals surface area contributed by atoms with Crippen molar-refractivity contribution in [2.75, 3.05) is 58.3 Å². The molecule has 1 aromatic carbocycles. The van der Waals surface area contributed by atoms with Crippen molar-refractivity contribution < 1.29 is 19.1 Å². The number of carbonyl (C=O) groups excluding carboxylic acids is 2. The maximum Gasteiger partial charge on any atom is 0.410 e. The molecule has 1 saturated heterocycles. The molecule has 35 heavy (non-hydrogen) atoms. The second kappa shape index (κ2) is 11.8. The number of amides is 2. The van der Waals surface area contributed by atoms with Crippen molar-refractivity contribution >= 4 is 17.9 Å². The largest absolute Gasteiger partial charge is 0.486 e. The zero-order valence-corrected chi connectivity index (χ0v) is 21.3. The third-order valence-corrected chi connectivity index (χ3v) is 5.29. The first-order chi connectivity index (χ1) is 16.6. The van der Waals surface area contributed by atoms with Crippen LogP contribution in [0, 0.1) is 0 Å². The number of likely N-dealkylation sites (N-methyl/N-ethyl adjacent to an activating group) is 1. The first-order valence-corrected chi connectivity index (χ1v) is 11.8. The maximum atomic E-state index is 12.2. The monoisotopic (exact) mass is 484 g/mol. The molecule has 0 saturated carbocycles. The van der Waals surface area contributed by atoms with E-state index in [0.717, 1.165) is 12.1 Å². The quantitative estimate of drug-likeness (QED) is 0.610. The number of anilines is 1. The van der Waals surface area contributed by atoms with Gasteiger partial charge >= 0.3 is 6.09 Å². The van der Waals surface area contributed by atoms with Gasteiger partial charge in [0.05, 0.1) is 12.4 Å². The van der Waals surface area contributed by atoms with E-state index in [0.29, 0.717) is 56.6 Å². The highest BCUT2D eigenvalue weighted by molar-refractivity contribution is 5.94. The number of rotatable bonds is 8. The van der Waals surface area contributed by atoms with Gasteiger partial charge in [0.15, 0.2) is 5.75 Å². The lowest BCUT2D eigenvalue weighted by Crippen LogP contribution is -2.50. The summed E-state index contributed by atoms with van der Waals surface area (Å²) >= 11 is 0. The van der Waals surface area contributed by atoms with Crippen molar-refractivity contribution in [2.24, 2.45) is 0 Å². The maximum absolute atomic E-state index is 12.2. The number of hydrogen-bond acceptors (Lipinski definition) is 8. The van der Waals surface area contributed by atoms with Gasteiger partial charge in [-0.25, -0.2) is 14.8 Å². The highest BCUT2D eigenvalue weighted by Crippen LogP contribution is 2.17. The Labute approximate surface area is 207 Å². The van der Waals surface area contributed by atoms with Crippen LogP contribution in [0.1, 0.15) is 36.7 Å². The van der Waals surface area contributed by atoms with E-state index < -0.39 is 5.60 Å². The highest BCUT2D eigenvalue weighted by Gasteiger charge is 2.26. The number of aromatic nitrogens is 2. The van der Waals surface area contributed by atoms with Crippen LogP contribution < -0.4 is 15.0 Å². The fraction of sp³-hybridized carbons (Fsp3) is 0.520. The molecule has 1 fully saturated rings. The summed E-state index contributed by atoms with van der Waals surface area (Å²) in [5, 5.41) is 2.90. The van der Waals surface area contributed by atoms with E-state index in [4.69, 9.17) is 9.47 Å². The summed E-state index contributed by atoms with van der Waals surface area (Å²) in [4.78, 5) is 39.0. The minimum Gasteiger partial charge on any atom is -0.486 e. The van der Waals surface area contributed by atoms with Crippen LogP contribution in [0.5, 0.6) is 5.75 Å². The number of carbonyl (C=O) groups is 2. The molecule has 1 aliphatic heterocycles. The molecule has 1 N–H and O–H groups in total. The van der Waals surface area contributed by atoms with Crippen LogP contribution in [0.2, 0.25) is 0 Å². The fourth-order valence-electron chi connectivity index (χ4n) is 3.38. The molecule has 0 aliphatic carbocycles. The van der Waals surface area contributed by atoms with Crippen LogP contribution in [0.3, 0.4) is 0 Å². The van der Waals surface area contributed by atoms with Gasteiger partial charge in [0, 0.05) is 44.8 Å². The number of ether oxygens (including phenoxy) is 2. The van der Waals surface area contributed by atoms with Gasteiger partial charge in [-0.05, 0) is 52.6 Å². The standard InChI is InChI=1S/C25H36N6O4/c1-25(2,3)35-24(33)31-14-12-30(13-15-31)23-27-16-21(17-28-23)34-18-19-6-8-20(9-7-19)22(32)26-10-11-29(4)5/h6-9,16-17H,10-15,18H2,1-5H3,(H,26,32). The van der Waals surface area contributed by atoms with E-state index in [9.17, 15) is 9.59 Å². The lowest BCUT2D eigenvalue weighted by Gasteiger charge is -2.35. The van der Waals surface area contributed by atoms with Gasteiger partial charge in [0.2, 0.25) is 5.95 Å². The van der Waals surface area contributed by atoms with Crippen molar-refractivity contribution in [1.82, 2.24) is 25.1 Å². The average molecular weight is 485 g/mol. The molecule has 10 nitrogen and oxygen atoms in total. The molecule has 2 amide bonds. The minimum absolute atomic E-state index is 0.0877. The van der Waals surface area contributed by atoms with Crippen LogP contribution >= 0.6 is 0 Å². The molecule has 3 rings (SSSR count). The normalized spacial score (nSPS) is 14.1. The summed E-state index contributed by atoms with van der Waals surface area (Å²) in [5.41, 5.74) is 1.06. The van der Waals surface area contributed by atoms with Gasteiger partial charge in [-0.15, -0.1) is 0 Å². The first kappa shape index (κ1) is 26.2. The molecule has 2 aromatic rings. The third-order valence-electron chi connectivity index (χ3n) is 5.29. The van der Waals surface area contributed by atoms with E-state index in [1.54, 1.807) is 29.4 Å². The van der Waals surface area contributed by atoms with Crippen LogP contribution in [0.4, 0.5) is 10.7 Å². The minimum atomic E-state index is -0.504. The molecule has 0 spiro atoms. The van der Waals surface area contributed by atoms with Crippen LogP contribution in [-0.2, 0) is 11.3 Å². The van der Waals surface area contributed by atoms with E-state index >= 15 is 0 Å². The Morgan fingerprint density at radius 2 is 1.66 bits per heavy atom. The zero-order valence-electron chi connectivity index (χ0n) is 21.3. The van der Waals surface area contributed by atoms with Crippen molar-refractivity contribution in [2.45, 2.75) is 33.0 Å². The van der Waals surface area contributed by atoms with Crippen molar-refractivity contribution in [3.63, 3.8) is 0 Å². The predicted octanol–water partition coefficient (Wildman–Crippen LogP) is 2.40. The molecule has 0 radical (unpaired) electrons. The van der Waals surface area contributed by atoms with Crippen LogP contribution in [0.15, 0.2) is 36.7 Å². The lowest BCUT2D eigenvalue weighted by molar-refractivity contribution is 0.0240. The fourth-order valence-corrected chi connectivity index (χ4v) is 3.38. The Morgan fingerprint density at radius 1 is 1.03 bits per heavy atom. The molecular weight excluding hydrogens is 448 g/mol. The number of nitrogens with one attached hydrogen (secondary N) is 1. The van der Waals surface area contributed by atoms with Crippen LogP contribution in [0.25, 0.3) is 0 Å². The number of nitrogens with zero attached hydrogens (tertiary/aromatic N) is 5. The third kappa shape index (κ3) is 8.40. The van der Waals surface area contributed by atoms with Gasteiger partial charge in [-0.3, -0.25) is 4.79 Å². The molecule has 0 atom stereocenters. The summed E-state index contributed by atoms with van der Waals surface area (Å²) in [5.74, 6) is 1.08. The molecule has 2 heterocycles. The molecule has 1 aromatic heterocycles.